The number of carbonyl (C=O) groups is 1. The molecule has 1 N–H and O–H groups in total. The summed E-state index contributed by atoms with van der Waals surface area (Å²) in [7, 11) is 0. The molecule has 1 rings (SSSR count). The van der Waals surface area contributed by atoms with E-state index in [4.69, 9.17) is 14.6 Å². The first-order valence-corrected chi connectivity index (χ1v) is 4.08. The van der Waals surface area contributed by atoms with Gasteiger partial charge >= 0.3 is 5.97 Å². The molecule has 0 saturated carbocycles. The lowest BCUT2D eigenvalue weighted by molar-refractivity contribution is -0.146. The second kappa shape index (κ2) is 4.42. The number of hydrogen-bond donors (Lipinski definition) is 1. The van der Waals surface area contributed by atoms with Gasteiger partial charge in [0.1, 0.15) is 6.79 Å². The van der Waals surface area contributed by atoms with Crippen LogP contribution in [-0.4, -0.2) is 31.1 Å². The van der Waals surface area contributed by atoms with Crippen molar-refractivity contribution < 1.29 is 19.4 Å². The zero-order valence-corrected chi connectivity index (χ0v) is 7.16. The molecule has 70 valence electrons. The predicted octanol–water partition coefficient (Wildman–Crippen LogP) is 0.718. The molecular formula is C8H14O4. The quantitative estimate of drug-likeness (QED) is 0.684. The molecule has 1 aliphatic rings. The van der Waals surface area contributed by atoms with Crippen LogP contribution in [0.3, 0.4) is 0 Å². The highest BCUT2D eigenvalue weighted by Crippen LogP contribution is 2.16. The highest BCUT2D eigenvalue weighted by molar-refractivity contribution is 5.69. The summed E-state index contributed by atoms with van der Waals surface area (Å²) in [6.07, 6.45) is 0.634. The van der Waals surface area contributed by atoms with Crippen LogP contribution in [0.5, 0.6) is 0 Å². The van der Waals surface area contributed by atoms with E-state index in [9.17, 15) is 4.79 Å². The Morgan fingerprint density at radius 1 is 1.58 bits per heavy atom. The summed E-state index contributed by atoms with van der Waals surface area (Å²) in [6, 6.07) is 0. The largest absolute Gasteiger partial charge is 0.481 e. The third-order valence-corrected chi connectivity index (χ3v) is 1.98. The van der Waals surface area contributed by atoms with E-state index in [1.807, 2.05) is 0 Å². The average molecular weight is 174 g/mol. The molecule has 1 heterocycles. The van der Waals surface area contributed by atoms with E-state index in [1.165, 1.54) is 0 Å². The van der Waals surface area contributed by atoms with Crippen molar-refractivity contribution in [3.63, 3.8) is 0 Å². The SMILES string of the molecule is CC(CC1COCOC1)C(=O)O. The maximum Gasteiger partial charge on any atom is 0.306 e. The summed E-state index contributed by atoms with van der Waals surface area (Å²) in [4.78, 5) is 10.5. The van der Waals surface area contributed by atoms with Crippen LogP contribution in [0.1, 0.15) is 13.3 Å². The van der Waals surface area contributed by atoms with E-state index in [2.05, 4.69) is 0 Å². The van der Waals surface area contributed by atoms with Crippen molar-refractivity contribution in [2.24, 2.45) is 11.8 Å². The first-order chi connectivity index (χ1) is 5.70. The summed E-state index contributed by atoms with van der Waals surface area (Å²) in [6.45, 7) is 3.30. The van der Waals surface area contributed by atoms with Crippen LogP contribution in [0, 0.1) is 11.8 Å². The van der Waals surface area contributed by atoms with E-state index in [0.29, 0.717) is 26.4 Å². The Morgan fingerprint density at radius 3 is 2.67 bits per heavy atom. The monoisotopic (exact) mass is 174 g/mol. The number of carboxylic acid groups (broad SMARTS) is 1. The van der Waals surface area contributed by atoms with Crippen LogP contribution < -0.4 is 0 Å². The van der Waals surface area contributed by atoms with Gasteiger partial charge in [0.05, 0.1) is 19.1 Å². The third kappa shape index (κ3) is 2.79. The van der Waals surface area contributed by atoms with Crippen LogP contribution in [0.25, 0.3) is 0 Å². The number of ether oxygens (including phenoxy) is 2. The maximum atomic E-state index is 10.5. The fourth-order valence-corrected chi connectivity index (χ4v) is 1.27. The van der Waals surface area contributed by atoms with E-state index < -0.39 is 5.97 Å². The molecule has 4 heteroatoms. The minimum atomic E-state index is -0.749. The Morgan fingerprint density at radius 2 is 2.17 bits per heavy atom. The molecule has 1 unspecified atom stereocenters. The van der Waals surface area contributed by atoms with Crippen molar-refractivity contribution in [1.82, 2.24) is 0 Å². The first-order valence-electron chi connectivity index (χ1n) is 4.08. The van der Waals surface area contributed by atoms with Gasteiger partial charge in [-0.3, -0.25) is 4.79 Å². The average Bonchev–Trinajstić information content (AvgIpc) is 2.06. The number of carboxylic acids is 1. The zero-order chi connectivity index (χ0) is 8.97. The van der Waals surface area contributed by atoms with E-state index in [1.54, 1.807) is 6.92 Å². The molecule has 1 fully saturated rings. The third-order valence-electron chi connectivity index (χ3n) is 1.98. The van der Waals surface area contributed by atoms with Gasteiger partial charge in [-0.15, -0.1) is 0 Å². The summed E-state index contributed by atoms with van der Waals surface area (Å²) in [5.41, 5.74) is 0. The van der Waals surface area contributed by atoms with Crippen LogP contribution in [0.15, 0.2) is 0 Å². The summed E-state index contributed by atoms with van der Waals surface area (Å²) < 4.78 is 10.1. The van der Waals surface area contributed by atoms with Gasteiger partial charge in [0, 0.05) is 5.92 Å². The topological polar surface area (TPSA) is 55.8 Å². The van der Waals surface area contributed by atoms with Crippen LogP contribution in [0.4, 0.5) is 0 Å². The lowest BCUT2D eigenvalue weighted by Gasteiger charge is -2.23. The fraction of sp³-hybridized carbons (Fsp3) is 0.875. The van der Waals surface area contributed by atoms with Crippen LogP contribution >= 0.6 is 0 Å². The van der Waals surface area contributed by atoms with E-state index in [0.717, 1.165) is 0 Å². The maximum absolute atomic E-state index is 10.5. The van der Waals surface area contributed by atoms with Crippen molar-refractivity contribution in [1.29, 1.82) is 0 Å². The molecule has 0 radical (unpaired) electrons. The molecule has 0 amide bonds. The number of rotatable bonds is 3. The Kier molecular flexibility index (Phi) is 3.49. The standard InChI is InChI=1S/C8H14O4/c1-6(8(9)10)2-7-3-11-5-12-4-7/h6-7H,2-5H2,1H3,(H,9,10). The first kappa shape index (κ1) is 9.48. The van der Waals surface area contributed by atoms with Gasteiger partial charge in [0.15, 0.2) is 0 Å². The Hall–Kier alpha value is -0.610. The molecule has 0 spiro atoms. The normalized spacial score (nSPS) is 22.1. The Bertz CT molecular complexity index is 151. The van der Waals surface area contributed by atoms with Crippen molar-refractivity contribution >= 4 is 5.97 Å². The van der Waals surface area contributed by atoms with Gasteiger partial charge in [-0.2, -0.15) is 0 Å². The molecule has 0 aromatic heterocycles. The minimum absolute atomic E-state index is 0.241. The van der Waals surface area contributed by atoms with Gasteiger partial charge in [0.25, 0.3) is 0 Å². The smallest absolute Gasteiger partial charge is 0.306 e. The van der Waals surface area contributed by atoms with Crippen LogP contribution in [0.2, 0.25) is 0 Å². The Balaban J connectivity index is 2.24. The van der Waals surface area contributed by atoms with Gasteiger partial charge in [-0.1, -0.05) is 6.92 Å². The molecule has 0 bridgehead atoms. The highest BCUT2D eigenvalue weighted by atomic mass is 16.7. The summed E-state index contributed by atoms with van der Waals surface area (Å²) >= 11 is 0. The molecule has 0 aromatic carbocycles. The van der Waals surface area contributed by atoms with Gasteiger partial charge < -0.3 is 14.6 Å². The van der Waals surface area contributed by atoms with Crippen LogP contribution in [-0.2, 0) is 14.3 Å². The number of aliphatic carboxylic acids is 1. The van der Waals surface area contributed by atoms with E-state index >= 15 is 0 Å². The van der Waals surface area contributed by atoms with Crippen molar-refractivity contribution in [2.45, 2.75) is 13.3 Å². The second-order valence-electron chi connectivity index (χ2n) is 3.20. The molecule has 4 nitrogen and oxygen atoms in total. The lowest BCUT2D eigenvalue weighted by Crippen LogP contribution is -2.27. The molecule has 0 aliphatic carbocycles. The summed E-state index contributed by atoms with van der Waals surface area (Å²) in [5.74, 6) is -0.814. The molecule has 12 heavy (non-hydrogen) atoms. The molecule has 0 aromatic rings. The Labute approximate surface area is 71.5 Å². The minimum Gasteiger partial charge on any atom is -0.481 e. The zero-order valence-electron chi connectivity index (χ0n) is 7.16. The van der Waals surface area contributed by atoms with Crippen molar-refractivity contribution in [3.05, 3.63) is 0 Å². The molecule has 1 aliphatic heterocycles. The van der Waals surface area contributed by atoms with Gasteiger partial charge in [-0.05, 0) is 6.42 Å². The lowest BCUT2D eigenvalue weighted by atomic mass is 9.97. The fourth-order valence-electron chi connectivity index (χ4n) is 1.27. The summed E-state index contributed by atoms with van der Waals surface area (Å²) in [5, 5.41) is 8.63. The molecule has 1 atom stereocenters. The number of hydrogen-bond acceptors (Lipinski definition) is 3. The predicted molar refractivity (Wildman–Crippen MR) is 41.7 cm³/mol. The van der Waals surface area contributed by atoms with Crippen molar-refractivity contribution in [2.75, 3.05) is 20.0 Å². The second-order valence-corrected chi connectivity index (χ2v) is 3.20. The highest BCUT2D eigenvalue weighted by Gasteiger charge is 2.20. The van der Waals surface area contributed by atoms with Gasteiger partial charge in [-0.25, -0.2) is 0 Å². The molecular weight excluding hydrogens is 160 g/mol. The van der Waals surface area contributed by atoms with Gasteiger partial charge in [0.2, 0.25) is 0 Å². The van der Waals surface area contributed by atoms with Crippen molar-refractivity contribution in [3.8, 4) is 0 Å². The molecule has 1 saturated heterocycles. The van der Waals surface area contributed by atoms with E-state index in [-0.39, 0.29) is 11.8 Å².